The summed E-state index contributed by atoms with van der Waals surface area (Å²) in [6.07, 6.45) is -0.561. The Morgan fingerprint density at radius 3 is 2.00 bits per heavy atom. The van der Waals surface area contributed by atoms with Crippen LogP contribution in [0.1, 0.15) is 27.7 Å². The van der Waals surface area contributed by atoms with Crippen LogP contribution in [0.3, 0.4) is 0 Å². The molecule has 23 heavy (non-hydrogen) atoms. The standard InChI is InChI=1S/C15H22BNO5S/c1-14(2)15(3,4)22-16(21-14)11-5-7-13(8-6-11)23(19,20)17-9-12(18)10-17/h5-8,12,18H,9-10H2,1-4H3. The van der Waals surface area contributed by atoms with Crippen LogP contribution in [-0.2, 0) is 19.3 Å². The molecule has 1 aromatic carbocycles. The average Bonchev–Trinajstić information content (AvgIpc) is 2.64. The highest BCUT2D eigenvalue weighted by Crippen LogP contribution is 2.36. The van der Waals surface area contributed by atoms with Crippen LogP contribution in [0, 0.1) is 0 Å². The van der Waals surface area contributed by atoms with Crippen molar-refractivity contribution in [3.05, 3.63) is 24.3 Å². The zero-order valence-corrected chi connectivity index (χ0v) is 14.6. The van der Waals surface area contributed by atoms with E-state index in [1.54, 1.807) is 24.3 Å². The molecule has 0 spiro atoms. The smallest absolute Gasteiger partial charge is 0.399 e. The van der Waals surface area contributed by atoms with Crippen LogP contribution >= 0.6 is 0 Å². The molecule has 0 atom stereocenters. The van der Waals surface area contributed by atoms with Crippen molar-refractivity contribution >= 4 is 22.6 Å². The Balaban J connectivity index is 1.79. The Kier molecular flexibility index (Phi) is 3.89. The van der Waals surface area contributed by atoms with E-state index in [0.717, 1.165) is 5.46 Å². The van der Waals surface area contributed by atoms with Crippen molar-refractivity contribution in [3.8, 4) is 0 Å². The molecule has 0 unspecified atom stereocenters. The van der Waals surface area contributed by atoms with Crippen LogP contribution in [0.2, 0.25) is 0 Å². The SMILES string of the molecule is CC1(C)OB(c2ccc(S(=O)(=O)N3CC(O)C3)cc2)OC1(C)C. The number of sulfonamides is 1. The molecule has 3 rings (SSSR count). The van der Waals surface area contributed by atoms with Crippen LogP contribution in [0.4, 0.5) is 0 Å². The van der Waals surface area contributed by atoms with E-state index in [4.69, 9.17) is 9.31 Å². The maximum absolute atomic E-state index is 12.4. The van der Waals surface area contributed by atoms with Crippen LogP contribution in [0.15, 0.2) is 29.2 Å². The second kappa shape index (κ2) is 5.29. The summed E-state index contributed by atoms with van der Waals surface area (Å²) in [7, 11) is -4.04. The summed E-state index contributed by atoms with van der Waals surface area (Å²) in [4.78, 5) is 0.213. The lowest BCUT2D eigenvalue weighted by Gasteiger charge is -2.34. The minimum Gasteiger partial charge on any atom is -0.399 e. The van der Waals surface area contributed by atoms with Gasteiger partial charge in [-0.25, -0.2) is 8.42 Å². The third-order valence-corrected chi connectivity index (χ3v) is 6.72. The zero-order valence-electron chi connectivity index (χ0n) is 13.8. The average molecular weight is 339 g/mol. The van der Waals surface area contributed by atoms with E-state index in [9.17, 15) is 13.5 Å². The van der Waals surface area contributed by atoms with Gasteiger partial charge < -0.3 is 14.4 Å². The topological polar surface area (TPSA) is 76.1 Å². The molecule has 0 amide bonds. The Morgan fingerprint density at radius 1 is 1.09 bits per heavy atom. The molecule has 0 saturated carbocycles. The van der Waals surface area contributed by atoms with Gasteiger partial charge in [-0.2, -0.15) is 4.31 Å². The first-order valence-corrected chi connectivity index (χ1v) is 9.11. The van der Waals surface area contributed by atoms with Crippen molar-refractivity contribution in [2.24, 2.45) is 0 Å². The molecule has 0 radical (unpaired) electrons. The fourth-order valence-corrected chi connectivity index (χ4v) is 4.05. The van der Waals surface area contributed by atoms with E-state index < -0.39 is 34.4 Å². The van der Waals surface area contributed by atoms with Crippen molar-refractivity contribution < 1.29 is 22.8 Å². The van der Waals surface area contributed by atoms with Gasteiger partial charge in [-0.1, -0.05) is 12.1 Å². The van der Waals surface area contributed by atoms with E-state index in [1.165, 1.54) is 4.31 Å². The second-order valence-electron chi connectivity index (χ2n) is 7.13. The van der Waals surface area contributed by atoms with E-state index in [-0.39, 0.29) is 18.0 Å². The number of hydrogen-bond acceptors (Lipinski definition) is 5. The van der Waals surface area contributed by atoms with Gasteiger partial charge in [-0.3, -0.25) is 0 Å². The Labute approximate surface area is 137 Å². The number of benzene rings is 1. The lowest BCUT2D eigenvalue weighted by molar-refractivity contribution is 0.00578. The van der Waals surface area contributed by atoms with E-state index >= 15 is 0 Å². The summed E-state index contributed by atoms with van der Waals surface area (Å²) in [5.74, 6) is 0. The van der Waals surface area contributed by atoms with Gasteiger partial charge in [0.05, 0.1) is 22.2 Å². The maximum Gasteiger partial charge on any atom is 0.494 e. The van der Waals surface area contributed by atoms with E-state index in [1.807, 2.05) is 27.7 Å². The van der Waals surface area contributed by atoms with E-state index in [0.29, 0.717) is 0 Å². The Bertz CT molecular complexity index is 679. The van der Waals surface area contributed by atoms with Gasteiger partial charge in [0.15, 0.2) is 0 Å². The molecule has 0 aromatic heterocycles. The predicted molar refractivity (Wildman–Crippen MR) is 86.9 cm³/mol. The number of rotatable bonds is 3. The second-order valence-corrected chi connectivity index (χ2v) is 9.07. The molecule has 0 aliphatic carbocycles. The third kappa shape index (κ3) is 2.83. The van der Waals surface area contributed by atoms with Crippen molar-refractivity contribution in [3.63, 3.8) is 0 Å². The molecule has 8 heteroatoms. The van der Waals surface area contributed by atoms with Crippen LogP contribution in [-0.4, -0.2) is 55.3 Å². The van der Waals surface area contributed by atoms with Gasteiger partial charge >= 0.3 is 7.12 Å². The molecule has 0 bridgehead atoms. The maximum atomic E-state index is 12.4. The molecule has 126 valence electrons. The number of hydrogen-bond donors (Lipinski definition) is 1. The van der Waals surface area contributed by atoms with Gasteiger partial charge in [0, 0.05) is 13.1 Å². The Morgan fingerprint density at radius 2 is 1.57 bits per heavy atom. The number of β-amino-alcohol motifs (C(OH)–C–C–N with tert-alkyl or cyclic N) is 1. The van der Waals surface area contributed by atoms with Gasteiger partial charge in [-0.05, 0) is 45.3 Å². The normalized spacial score (nSPS) is 24.7. The molecular weight excluding hydrogens is 317 g/mol. The third-order valence-electron chi connectivity index (χ3n) is 4.87. The predicted octanol–water partition coefficient (Wildman–Crippen LogP) is 0.351. The quantitative estimate of drug-likeness (QED) is 0.805. The summed E-state index contributed by atoms with van der Waals surface area (Å²) in [5.41, 5.74) is -0.0851. The van der Waals surface area contributed by atoms with Crippen molar-refractivity contribution in [1.29, 1.82) is 0 Å². The minimum absolute atomic E-state index is 0.154. The van der Waals surface area contributed by atoms with Gasteiger partial charge in [0.1, 0.15) is 0 Å². The number of nitrogens with zero attached hydrogens (tertiary/aromatic N) is 1. The first kappa shape index (κ1) is 16.9. The first-order chi connectivity index (χ1) is 10.5. The van der Waals surface area contributed by atoms with Crippen LogP contribution in [0.25, 0.3) is 0 Å². The summed E-state index contributed by atoms with van der Waals surface area (Å²) < 4.78 is 37.9. The lowest BCUT2D eigenvalue weighted by Crippen LogP contribution is -2.53. The molecule has 6 nitrogen and oxygen atoms in total. The molecule has 1 aromatic rings. The molecule has 2 fully saturated rings. The summed E-state index contributed by atoms with van der Waals surface area (Å²) in [5, 5.41) is 9.28. The van der Waals surface area contributed by atoms with Gasteiger partial charge in [-0.15, -0.1) is 0 Å². The summed E-state index contributed by atoms with van der Waals surface area (Å²) in [6, 6.07) is 6.54. The molecule has 2 aliphatic heterocycles. The van der Waals surface area contributed by atoms with Crippen molar-refractivity contribution in [2.45, 2.75) is 49.9 Å². The highest BCUT2D eigenvalue weighted by atomic mass is 32.2. The highest BCUT2D eigenvalue weighted by molar-refractivity contribution is 7.89. The Hall–Kier alpha value is -0.925. The van der Waals surface area contributed by atoms with Crippen LogP contribution < -0.4 is 5.46 Å². The molecule has 2 heterocycles. The molecule has 1 N–H and O–H groups in total. The van der Waals surface area contributed by atoms with Crippen molar-refractivity contribution in [1.82, 2.24) is 4.31 Å². The molecule has 2 aliphatic rings. The van der Waals surface area contributed by atoms with Gasteiger partial charge in [0.25, 0.3) is 0 Å². The molecular formula is C15H22BNO5S. The van der Waals surface area contributed by atoms with Crippen molar-refractivity contribution in [2.75, 3.05) is 13.1 Å². The first-order valence-electron chi connectivity index (χ1n) is 7.67. The van der Waals surface area contributed by atoms with Gasteiger partial charge in [0.2, 0.25) is 10.0 Å². The lowest BCUT2D eigenvalue weighted by atomic mass is 9.79. The summed E-state index contributed by atoms with van der Waals surface area (Å²) >= 11 is 0. The summed E-state index contributed by atoms with van der Waals surface area (Å²) in [6.45, 7) is 8.20. The minimum atomic E-state index is -3.53. The zero-order chi connectivity index (χ0) is 17.0. The van der Waals surface area contributed by atoms with Crippen LogP contribution in [0.5, 0.6) is 0 Å². The fraction of sp³-hybridized carbons (Fsp3) is 0.600. The fourth-order valence-electron chi connectivity index (χ4n) is 2.54. The van der Waals surface area contributed by atoms with E-state index in [2.05, 4.69) is 0 Å². The largest absolute Gasteiger partial charge is 0.494 e. The molecule has 2 saturated heterocycles. The number of aliphatic hydroxyl groups excluding tert-OH is 1. The highest BCUT2D eigenvalue weighted by Gasteiger charge is 2.51. The number of aliphatic hydroxyl groups is 1. The monoisotopic (exact) mass is 339 g/mol.